The predicted molar refractivity (Wildman–Crippen MR) is 116 cm³/mol. The predicted octanol–water partition coefficient (Wildman–Crippen LogP) is 3.71. The third kappa shape index (κ3) is 5.71. The fourth-order valence-corrected chi connectivity index (χ4v) is 5.12. The summed E-state index contributed by atoms with van der Waals surface area (Å²) in [5, 5.41) is 16.0. The zero-order valence-electron chi connectivity index (χ0n) is 18.3. The molecule has 2 aliphatic rings. The van der Waals surface area contributed by atoms with Crippen LogP contribution in [0.25, 0.3) is 0 Å². The van der Waals surface area contributed by atoms with Crippen LogP contribution in [0.1, 0.15) is 83.3 Å². The van der Waals surface area contributed by atoms with E-state index in [1.807, 2.05) is 7.05 Å². The lowest BCUT2D eigenvalue weighted by atomic mass is 9.78. The minimum absolute atomic E-state index is 0.463. The van der Waals surface area contributed by atoms with Crippen molar-refractivity contribution in [2.24, 2.45) is 16.3 Å². The molecule has 2 heterocycles. The number of fused-ring (bicyclic) bond motifs is 1. The van der Waals surface area contributed by atoms with Crippen LogP contribution in [0.5, 0.6) is 0 Å². The van der Waals surface area contributed by atoms with Gasteiger partial charge in [0.1, 0.15) is 11.6 Å². The van der Waals surface area contributed by atoms with Crippen molar-refractivity contribution in [2.75, 3.05) is 20.1 Å². The summed E-state index contributed by atoms with van der Waals surface area (Å²) in [6.07, 6.45) is 13.7. The van der Waals surface area contributed by atoms with Crippen LogP contribution in [-0.2, 0) is 19.4 Å². The molecule has 6 nitrogen and oxygen atoms in total. The van der Waals surface area contributed by atoms with Crippen LogP contribution in [0.15, 0.2) is 4.99 Å². The molecule has 0 radical (unpaired) electrons. The van der Waals surface area contributed by atoms with Crippen molar-refractivity contribution in [3.63, 3.8) is 0 Å². The molecule has 1 aliphatic heterocycles. The fraction of sp³-hybridized carbons (Fsp3) is 0.864. The Morgan fingerprint density at radius 3 is 2.68 bits per heavy atom. The van der Waals surface area contributed by atoms with Crippen molar-refractivity contribution in [3.05, 3.63) is 11.6 Å². The summed E-state index contributed by atoms with van der Waals surface area (Å²) in [4.78, 5) is 4.44. The first kappa shape index (κ1) is 21.1. The number of nitrogens with one attached hydrogen (secondary N) is 2. The number of hydrogen-bond donors (Lipinski definition) is 2. The fourth-order valence-electron chi connectivity index (χ4n) is 5.12. The molecule has 1 aromatic rings. The number of aromatic nitrogens is 3. The molecule has 2 N–H and O–H groups in total. The van der Waals surface area contributed by atoms with Gasteiger partial charge in [-0.3, -0.25) is 4.99 Å². The lowest BCUT2D eigenvalue weighted by molar-refractivity contribution is 0.235. The highest BCUT2D eigenvalue weighted by atomic mass is 15.3. The molecule has 6 heteroatoms. The highest BCUT2D eigenvalue weighted by Crippen LogP contribution is 2.42. The molecule has 28 heavy (non-hydrogen) atoms. The summed E-state index contributed by atoms with van der Waals surface area (Å²) < 4.78 is 2.36. The topological polar surface area (TPSA) is 67.1 Å². The monoisotopic (exact) mass is 388 g/mol. The van der Waals surface area contributed by atoms with Gasteiger partial charge in [-0.05, 0) is 49.9 Å². The average molecular weight is 389 g/mol. The van der Waals surface area contributed by atoms with Gasteiger partial charge in [-0.15, -0.1) is 10.2 Å². The molecule has 0 amide bonds. The Kier molecular flexibility index (Phi) is 7.74. The summed E-state index contributed by atoms with van der Waals surface area (Å²) in [7, 11) is 1.87. The molecule has 1 saturated carbocycles. The van der Waals surface area contributed by atoms with E-state index in [-0.39, 0.29) is 0 Å². The van der Waals surface area contributed by atoms with Gasteiger partial charge in [-0.2, -0.15) is 0 Å². The summed E-state index contributed by atoms with van der Waals surface area (Å²) >= 11 is 0. The summed E-state index contributed by atoms with van der Waals surface area (Å²) in [6, 6.07) is 0. The zero-order valence-corrected chi connectivity index (χ0v) is 18.3. The van der Waals surface area contributed by atoms with Gasteiger partial charge in [0.15, 0.2) is 5.96 Å². The van der Waals surface area contributed by atoms with Crippen molar-refractivity contribution < 1.29 is 0 Å². The van der Waals surface area contributed by atoms with E-state index in [4.69, 9.17) is 0 Å². The van der Waals surface area contributed by atoms with Crippen LogP contribution in [0.3, 0.4) is 0 Å². The second-order valence-corrected chi connectivity index (χ2v) is 9.26. The highest BCUT2D eigenvalue weighted by Gasteiger charge is 2.34. The number of hydrogen-bond acceptors (Lipinski definition) is 3. The molecule has 0 atom stereocenters. The molecule has 0 unspecified atom stereocenters. The lowest BCUT2D eigenvalue weighted by Crippen LogP contribution is -2.43. The Bertz CT molecular complexity index is 627. The molecule has 0 aromatic carbocycles. The van der Waals surface area contributed by atoms with E-state index < -0.39 is 0 Å². The molecule has 158 valence electrons. The Morgan fingerprint density at radius 1 is 1.11 bits per heavy atom. The highest BCUT2D eigenvalue weighted by molar-refractivity contribution is 5.79. The van der Waals surface area contributed by atoms with Crippen molar-refractivity contribution in [1.82, 2.24) is 25.4 Å². The van der Waals surface area contributed by atoms with Gasteiger partial charge >= 0.3 is 0 Å². The van der Waals surface area contributed by atoms with E-state index in [0.717, 1.165) is 56.6 Å². The summed E-state index contributed by atoms with van der Waals surface area (Å²) in [5.74, 6) is 4.04. The summed E-state index contributed by atoms with van der Waals surface area (Å²) in [5.41, 5.74) is 0.463. The van der Waals surface area contributed by atoms with Crippen molar-refractivity contribution >= 4 is 5.96 Å². The van der Waals surface area contributed by atoms with Crippen LogP contribution in [0, 0.1) is 11.3 Å². The quantitative estimate of drug-likeness (QED) is 0.405. The largest absolute Gasteiger partial charge is 0.356 e. The first-order valence-electron chi connectivity index (χ1n) is 11.5. The maximum Gasteiger partial charge on any atom is 0.190 e. The van der Waals surface area contributed by atoms with Gasteiger partial charge in [0.05, 0.1) is 0 Å². The van der Waals surface area contributed by atoms with E-state index in [1.54, 1.807) is 0 Å². The number of guanidine groups is 1. The van der Waals surface area contributed by atoms with E-state index in [9.17, 15) is 0 Å². The molecule has 0 saturated heterocycles. The Morgan fingerprint density at radius 2 is 1.93 bits per heavy atom. The van der Waals surface area contributed by atoms with Crippen LogP contribution in [0.2, 0.25) is 0 Å². The molecule has 0 bridgehead atoms. The Balaban J connectivity index is 1.42. The molecule has 1 aromatic heterocycles. The normalized spacial score (nSPS) is 19.5. The van der Waals surface area contributed by atoms with Gasteiger partial charge in [-0.25, -0.2) is 0 Å². The van der Waals surface area contributed by atoms with Crippen LogP contribution in [0.4, 0.5) is 0 Å². The third-order valence-corrected chi connectivity index (χ3v) is 6.42. The van der Waals surface area contributed by atoms with E-state index >= 15 is 0 Å². The van der Waals surface area contributed by atoms with E-state index in [1.165, 1.54) is 57.2 Å². The lowest BCUT2D eigenvalue weighted by Gasteiger charge is -2.31. The van der Waals surface area contributed by atoms with Gasteiger partial charge in [0.25, 0.3) is 0 Å². The van der Waals surface area contributed by atoms with Crippen LogP contribution < -0.4 is 10.6 Å². The Hall–Kier alpha value is -1.59. The van der Waals surface area contributed by atoms with Gasteiger partial charge < -0.3 is 15.2 Å². The second-order valence-electron chi connectivity index (χ2n) is 9.26. The van der Waals surface area contributed by atoms with E-state index in [2.05, 4.69) is 44.2 Å². The van der Waals surface area contributed by atoms with Crippen LogP contribution >= 0.6 is 0 Å². The Labute approximate surface area is 171 Å². The first-order valence-corrected chi connectivity index (χ1v) is 11.5. The third-order valence-electron chi connectivity index (χ3n) is 6.42. The minimum Gasteiger partial charge on any atom is -0.356 e. The smallest absolute Gasteiger partial charge is 0.190 e. The number of rotatable bonds is 8. The SMILES string of the molecule is CN=C(NCCCc1nnc2n1CCCCC2)NCC1(CC(C)C)CCCC1. The van der Waals surface area contributed by atoms with Crippen molar-refractivity contribution in [1.29, 1.82) is 0 Å². The van der Waals surface area contributed by atoms with Gasteiger partial charge in [0, 0.05) is 39.5 Å². The maximum absolute atomic E-state index is 4.44. The number of nitrogens with zero attached hydrogens (tertiary/aromatic N) is 4. The molecular weight excluding hydrogens is 348 g/mol. The molecular formula is C22H40N6. The number of aryl methyl sites for hydroxylation is 2. The molecule has 3 rings (SSSR count). The molecule has 1 fully saturated rings. The van der Waals surface area contributed by atoms with Crippen molar-refractivity contribution in [2.45, 2.75) is 91.0 Å². The second kappa shape index (κ2) is 10.3. The minimum atomic E-state index is 0.463. The number of aliphatic imine (C=N–C) groups is 1. The standard InChI is InChI=1S/C22H40N6/c1-18(2)16-22(12-6-7-13-22)17-25-21(23-3)24-14-9-11-20-27-26-19-10-5-4-8-15-28(19)20/h18H,4-17H2,1-3H3,(H2,23,24,25). The maximum atomic E-state index is 4.44. The van der Waals surface area contributed by atoms with Crippen molar-refractivity contribution in [3.8, 4) is 0 Å². The van der Waals surface area contributed by atoms with Crippen LogP contribution in [-0.4, -0.2) is 40.9 Å². The molecule has 0 spiro atoms. The van der Waals surface area contributed by atoms with E-state index in [0.29, 0.717) is 5.41 Å². The van der Waals surface area contributed by atoms with Gasteiger partial charge in [-0.1, -0.05) is 33.1 Å². The van der Waals surface area contributed by atoms with Gasteiger partial charge in [0.2, 0.25) is 0 Å². The molecule has 1 aliphatic carbocycles. The summed E-state index contributed by atoms with van der Waals surface area (Å²) in [6.45, 7) is 7.74. The average Bonchev–Trinajstić information content (AvgIpc) is 3.21. The zero-order chi connectivity index (χ0) is 19.8. The first-order chi connectivity index (χ1) is 13.6.